The topological polar surface area (TPSA) is 110 Å². The fourth-order valence-corrected chi connectivity index (χ4v) is 3.56. The molecule has 128 valence electrons. The van der Waals surface area contributed by atoms with Gasteiger partial charge in [0.05, 0.1) is 21.4 Å². The number of halogens is 1. The number of aromatic nitrogens is 2. The first-order valence-electron chi connectivity index (χ1n) is 6.83. The highest BCUT2D eigenvalue weighted by atomic mass is 35.5. The smallest absolute Gasteiger partial charge is 0.271 e. The van der Waals surface area contributed by atoms with Gasteiger partial charge in [-0.2, -0.15) is 0 Å². The van der Waals surface area contributed by atoms with E-state index in [9.17, 15) is 14.9 Å². The monoisotopic (exact) mass is 387 g/mol. The molecule has 0 fully saturated rings. The van der Waals surface area contributed by atoms with E-state index in [1.54, 1.807) is 0 Å². The number of nitrogens with zero attached hydrogens (tertiary/aromatic N) is 3. The first-order chi connectivity index (χ1) is 11.5. The summed E-state index contributed by atoms with van der Waals surface area (Å²) in [5, 5.41) is 25.3. The SMILES string of the molecule is Cc1nnc(SCC(=O)NCCNc2ccc([N+](=O)[O-])cc2Cl)s1. The molecule has 8 nitrogen and oxygen atoms in total. The van der Waals surface area contributed by atoms with E-state index in [4.69, 9.17) is 11.6 Å². The molecule has 0 spiro atoms. The van der Waals surface area contributed by atoms with Gasteiger partial charge in [0.15, 0.2) is 4.34 Å². The second-order valence-corrected chi connectivity index (χ2v) is 7.38. The highest BCUT2D eigenvalue weighted by Crippen LogP contribution is 2.26. The van der Waals surface area contributed by atoms with Gasteiger partial charge in [0.2, 0.25) is 5.91 Å². The van der Waals surface area contributed by atoms with Crippen molar-refractivity contribution in [2.45, 2.75) is 11.3 Å². The number of carbonyl (C=O) groups excluding carboxylic acids is 1. The lowest BCUT2D eigenvalue weighted by Gasteiger charge is -2.09. The lowest BCUT2D eigenvalue weighted by Crippen LogP contribution is -2.30. The van der Waals surface area contributed by atoms with E-state index in [2.05, 4.69) is 20.8 Å². The van der Waals surface area contributed by atoms with Crippen molar-refractivity contribution in [2.75, 3.05) is 24.2 Å². The highest BCUT2D eigenvalue weighted by molar-refractivity contribution is 8.01. The number of non-ortho nitro benzene ring substituents is 1. The van der Waals surface area contributed by atoms with E-state index in [1.807, 2.05) is 6.92 Å². The van der Waals surface area contributed by atoms with E-state index in [0.29, 0.717) is 18.8 Å². The average molecular weight is 388 g/mol. The summed E-state index contributed by atoms with van der Waals surface area (Å²) in [5.41, 5.74) is 0.512. The third-order valence-corrected chi connectivity index (χ3v) is 5.05. The molecule has 0 radical (unpaired) electrons. The minimum atomic E-state index is -0.507. The standard InChI is InChI=1S/C13H14ClN5O3S2/c1-8-17-18-13(24-8)23-7-12(20)16-5-4-15-11-3-2-9(19(21)22)6-10(11)14/h2-3,6,15H,4-5,7H2,1H3,(H,16,20). The van der Waals surface area contributed by atoms with Crippen LogP contribution in [0.2, 0.25) is 5.02 Å². The highest BCUT2D eigenvalue weighted by Gasteiger charge is 2.09. The van der Waals surface area contributed by atoms with Gasteiger partial charge in [-0.15, -0.1) is 10.2 Å². The maximum Gasteiger partial charge on any atom is 0.271 e. The summed E-state index contributed by atoms with van der Waals surface area (Å²) < 4.78 is 0.762. The quantitative estimate of drug-likeness (QED) is 0.310. The number of carbonyl (C=O) groups is 1. The summed E-state index contributed by atoms with van der Waals surface area (Å²) in [6, 6.07) is 4.19. The Morgan fingerprint density at radius 3 is 2.83 bits per heavy atom. The van der Waals surface area contributed by atoms with E-state index < -0.39 is 4.92 Å². The number of aryl methyl sites for hydroxylation is 1. The Labute approximate surface area is 151 Å². The number of benzene rings is 1. The van der Waals surface area contributed by atoms with E-state index in [0.717, 1.165) is 9.35 Å². The molecule has 0 saturated carbocycles. The van der Waals surface area contributed by atoms with E-state index >= 15 is 0 Å². The Morgan fingerprint density at radius 2 is 2.21 bits per heavy atom. The number of anilines is 1. The molecular formula is C13H14ClN5O3S2. The molecule has 0 atom stereocenters. The number of hydrogen-bond acceptors (Lipinski definition) is 8. The number of hydrogen-bond donors (Lipinski definition) is 2. The van der Waals surface area contributed by atoms with Gasteiger partial charge in [0.1, 0.15) is 5.01 Å². The first kappa shape index (κ1) is 18.4. The Morgan fingerprint density at radius 1 is 1.42 bits per heavy atom. The summed E-state index contributed by atoms with van der Waals surface area (Å²) in [5.74, 6) is 0.164. The van der Waals surface area contributed by atoms with E-state index in [-0.39, 0.29) is 22.4 Å². The van der Waals surface area contributed by atoms with Crippen LogP contribution >= 0.6 is 34.7 Å². The van der Waals surface area contributed by atoms with Crippen molar-refractivity contribution in [3.05, 3.63) is 38.3 Å². The number of nitro benzene ring substituents is 1. The van der Waals surface area contributed by atoms with Crippen molar-refractivity contribution in [3.63, 3.8) is 0 Å². The molecule has 2 N–H and O–H groups in total. The van der Waals surface area contributed by atoms with Crippen LogP contribution in [0.5, 0.6) is 0 Å². The number of nitrogens with one attached hydrogen (secondary N) is 2. The number of nitro groups is 1. The van der Waals surface area contributed by atoms with Gasteiger partial charge in [-0.25, -0.2) is 0 Å². The third kappa shape index (κ3) is 5.62. The minimum Gasteiger partial charge on any atom is -0.382 e. The molecule has 11 heteroatoms. The van der Waals surface area contributed by atoms with Crippen LogP contribution in [0.3, 0.4) is 0 Å². The molecule has 1 amide bonds. The zero-order chi connectivity index (χ0) is 17.5. The Balaban J connectivity index is 1.69. The minimum absolute atomic E-state index is 0.0669. The molecule has 24 heavy (non-hydrogen) atoms. The molecule has 0 saturated heterocycles. The largest absolute Gasteiger partial charge is 0.382 e. The molecule has 1 aromatic heterocycles. The van der Waals surface area contributed by atoms with Gasteiger partial charge in [-0.1, -0.05) is 34.7 Å². The van der Waals surface area contributed by atoms with E-state index in [1.165, 1.54) is 41.3 Å². The molecule has 2 aromatic rings. The summed E-state index contributed by atoms with van der Waals surface area (Å²) in [7, 11) is 0. The molecule has 1 aromatic carbocycles. The lowest BCUT2D eigenvalue weighted by atomic mass is 10.3. The maximum absolute atomic E-state index is 11.7. The van der Waals surface area contributed by atoms with Crippen LogP contribution in [0.25, 0.3) is 0 Å². The van der Waals surface area contributed by atoms with Crippen molar-refractivity contribution >= 4 is 52.0 Å². The number of rotatable bonds is 8. The summed E-state index contributed by atoms with van der Waals surface area (Å²) in [6.45, 7) is 2.71. The van der Waals surface area contributed by atoms with Crippen molar-refractivity contribution in [2.24, 2.45) is 0 Å². The third-order valence-electron chi connectivity index (χ3n) is 2.76. The average Bonchev–Trinajstić information content (AvgIpc) is 2.96. The maximum atomic E-state index is 11.7. The molecule has 0 aliphatic heterocycles. The Kier molecular flexibility index (Phi) is 6.76. The fourth-order valence-electron chi connectivity index (χ4n) is 1.68. The van der Waals surface area contributed by atoms with Gasteiger partial charge in [0.25, 0.3) is 5.69 Å². The second kappa shape index (κ2) is 8.81. The molecule has 0 unspecified atom stereocenters. The predicted octanol–water partition coefficient (Wildman–Crippen LogP) is 2.73. The molecule has 1 heterocycles. The van der Waals surface area contributed by atoms with Crippen LogP contribution in [0.1, 0.15) is 5.01 Å². The van der Waals surface area contributed by atoms with Crippen LogP contribution in [0.15, 0.2) is 22.5 Å². The van der Waals surface area contributed by atoms with Gasteiger partial charge in [-0.05, 0) is 13.0 Å². The van der Waals surface area contributed by atoms with Crippen LogP contribution in [0, 0.1) is 17.0 Å². The van der Waals surface area contributed by atoms with Gasteiger partial charge < -0.3 is 10.6 Å². The van der Waals surface area contributed by atoms with Crippen molar-refractivity contribution < 1.29 is 9.72 Å². The molecule has 2 rings (SSSR count). The summed E-state index contributed by atoms with van der Waals surface area (Å²) in [6.07, 6.45) is 0. The zero-order valence-corrected chi connectivity index (χ0v) is 15.0. The normalized spacial score (nSPS) is 10.4. The molecule has 0 aliphatic carbocycles. The van der Waals surface area contributed by atoms with Crippen molar-refractivity contribution in [1.82, 2.24) is 15.5 Å². The zero-order valence-electron chi connectivity index (χ0n) is 12.6. The van der Waals surface area contributed by atoms with Gasteiger partial charge >= 0.3 is 0 Å². The number of thioether (sulfide) groups is 1. The summed E-state index contributed by atoms with van der Waals surface area (Å²) >= 11 is 8.75. The van der Waals surface area contributed by atoms with Crippen LogP contribution in [-0.4, -0.2) is 39.9 Å². The fraction of sp³-hybridized carbons (Fsp3) is 0.308. The van der Waals surface area contributed by atoms with Crippen LogP contribution in [0.4, 0.5) is 11.4 Å². The van der Waals surface area contributed by atoms with Crippen LogP contribution < -0.4 is 10.6 Å². The van der Waals surface area contributed by atoms with Gasteiger partial charge in [0, 0.05) is 25.2 Å². The summed E-state index contributed by atoms with van der Waals surface area (Å²) in [4.78, 5) is 21.8. The molecule has 0 bridgehead atoms. The first-order valence-corrected chi connectivity index (χ1v) is 9.01. The molecular weight excluding hydrogens is 374 g/mol. The second-order valence-electron chi connectivity index (χ2n) is 4.57. The molecule has 0 aliphatic rings. The van der Waals surface area contributed by atoms with Crippen molar-refractivity contribution in [1.29, 1.82) is 0 Å². The number of amides is 1. The lowest BCUT2D eigenvalue weighted by molar-refractivity contribution is -0.384. The Hall–Kier alpha value is -1.91. The Bertz CT molecular complexity index is 740. The van der Waals surface area contributed by atoms with Crippen molar-refractivity contribution in [3.8, 4) is 0 Å². The predicted molar refractivity (Wildman–Crippen MR) is 95.0 cm³/mol. The van der Waals surface area contributed by atoms with Crippen LogP contribution in [-0.2, 0) is 4.79 Å². The van der Waals surface area contributed by atoms with Gasteiger partial charge in [-0.3, -0.25) is 14.9 Å².